The average molecular weight is 528 g/mol. The van der Waals surface area contributed by atoms with E-state index in [9.17, 15) is 10.5 Å². The summed E-state index contributed by atoms with van der Waals surface area (Å²) in [5, 5.41) is 23.3. The Hall–Kier alpha value is -5.84. The summed E-state index contributed by atoms with van der Waals surface area (Å²) in [6, 6.07) is 44.9. The van der Waals surface area contributed by atoms with Gasteiger partial charge < -0.3 is 9.64 Å². The highest BCUT2D eigenvalue weighted by molar-refractivity contribution is 6.12. The molecular formula is C37H25N3O. The van der Waals surface area contributed by atoms with Crippen LogP contribution in [0.4, 0.5) is 17.1 Å². The summed E-state index contributed by atoms with van der Waals surface area (Å²) >= 11 is 0. The molecule has 0 fully saturated rings. The molecule has 0 bridgehead atoms. The Balaban J connectivity index is 1.39. The van der Waals surface area contributed by atoms with E-state index in [0.717, 1.165) is 55.5 Å². The summed E-state index contributed by atoms with van der Waals surface area (Å²) < 4.78 is 5.35. The first kappa shape index (κ1) is 25.4. The molecule has 0 amide bonds. The first-order valence-corrected chi connectivity index (χ1v) is 13.3. The van der Waals surface area contributed by atoms with Crippen molar-refractivity contribution in [1.29, 1.82) is 10.5 Å². The molecule has 6 aromatic carbocycles. The summed E-state index contributed by atoms with van der Waals surface area (Å²) in [7, 11) is 1.67. The third-order valence-corrected chi connectivity index (χ3v) is 7.26. The zero-order valence-corrected chi connectivity index (χ0v) is 22.5. The van der Waals surface area contributed by atoms with Crippen LogP contribution in [-0.4, -0.2) is 7.11 Å². The van der Waals surface area contributed by atoms with Gasteiger partial charge in [-0.25, -0.2) is 0 Å². The van der Waals surface area contributed by atoms with E-state index in [4.69, 9.17) is 4.74 Å². The molecule has 4 nitrogen and oxygen atoms in total. The van der Waals surface area contributed by atoms with Gasteiger partial charge in [0.25, 0.3) is 0 Å². The topological polar surface area (TPSA) is 60.0 Å². The van der Waals surface area contributed by atoms with Crippen LogP contribution < -0.4 is 9.64 Å². The molecule has 0 aliphatic rings. The van der Waals surface area contributed by atoms with Gasteiger partial charge >= 0.3 is 0 Å². The molecule has 194 valence electrons. The number of anilines is 3. The van der Waals surface area contributed by atoms with Crippen molar-refractivity contribution >= 4 is 50.8 Å². The number of para-hydroxylation sites is 1. The number of hydrogen-bond acceptors (Lipinski definition) is 4. The Morgan fingerprint density at radius 1 is 0.561 bits per heavy atom. The molecule has 4 heteroatoms. The monoisotopic (exact) mass is 527 g/mol. The van der Waals surface area contributed by atoms with Gasteiger partial charge in [0.1, 0.15) is 17.9 Å². The Bertz CT molecular complexity index is 1980. The minimum atomic E-state index is 0.586. The third kappa shape index (κ3) is 4.76. The third-order valence-electron chi connectivity index (χ3n) is 7.26. The minimum Gasteiger partial charge on any atom is -0.497 e. The van der Waals surface area contributed by atoms with E-state index in [2.05, 4.69) is 53.4 Å². The molecule has 0 N–H and O–H groups in total. The van der Waals surface area contributed by atoms with Crippen LogP contribution in [0.2, 0.25) is 0 Å². The van der Waals surface area contributed by atoms with E-state index in [0.29, 0.717) is 11.1 Å². The zero-order valence-electron chi connectivity index (χ0n) is 22.5. The summed E-state index contributed by atoms with van der Waals surface area (Å²) in [6.45, 7) is 0. The van der Waals surface area contributed by atoms with Crippen LogP contribution in [0.25, 0.3) is 33.7 Å². The number of rotatable bonds is 6. The van der Waals surface area contributed by atoms with Crippen LogP contribution in [0, 0.1) is 22.7 Å². The molecular weight excluding hydrogens is 502 g/mol. The lowest BCUT2D eigenvalue weighted by Crippen LogP contribution is -2.09. The molecule has 0 saturated heterocycles. The first-order chi connectivity index (χ1) is 20.2. The van der Waals surface area contributed by atoms with E-state index >= 15 is 0 Å². The zero-order chi connectivity index (χ0) is 28.2. The Morgan fingerprint density at radius 2 is 1.12 bits per heavy atom. The van der Waals surface area contributed by atoms with Crippen molar-refractivity contribution in [3.8, 4) is 17.9 Å². The number of fused-ring (bicyclic) bond motifs is 2. The maximum Gasteiger partial charge on any atom is 0.119 e. The molecule has 0 heterocycles. The molecule has 0 spiro atoms. The predicted octanol–water partition coefficient (Wildman–Crippen LogP) is 9.39. The Morgan fingerprint density at radius 3 is 1.76 bits per heavy atom. The molecule has 0 aliphatic carbocycles. The lowest BCUT2D eigenvalue weighted by molar-refractivity contribution is 0.415. The van der Waals surface area contributed by atoms with Gasteiger partial charge in [0.15, 0.2) is 0 Å². The maximum atomic E-state index is 10.1. The second-order valence-electron chi connectivity index (χ2n) is 9.58. The Kier molecular flexibility index (Phi) is 6.89. The number of methoxy groups -OCH3 is 1. The molecule has 0 atom stereocenters. The second kappa shape index (κ2) is 11.1. The van der Waals surface area contributed by atoms with Crippen LogP contribution in [0.15, 0.2) is 121 Å². The number of benzene rings is 6. The van der Waals surface area contributed by atoms with Crippen molar-refractivity contribution in [2.75, 3.05) is 12.0 Å². The molecule has 0 unspecified atom stereocenters. The second-order valence-corrected chi connectivity index (χ2v) is 9.58. The van der Waals surface area contributed by atoms with E-state index in [1.54, 1.807) is 7.11 Å². The highest BCUT2D eigenvalue weighted by Crippen LogP contribution is 2.37. The van der Waals surface area contributed by atoms with Gasteiger partial charge in [0.2, 0.25) is 0 Å². The number of ether oxygens (including phenoxy) is 1. The van der Waals surface area contributed by atoms with E-state index < -0.39 is 0 Å². The van der Waals surface area contributed by atoms with Crippen molar-refractivity contribution in [3.63, 3.8) is 0 Å². The first-order valence-electron chi connectivity index (χ1n) is 13.3. The largest absolute Gasteiger partial charge is 0.497 e. The van der Waals surface area contributed by atoms with Crippen LogP contribution in [0.3, 0.4) is 0 Å². The fourth-order valence-corrected chi connectivity index (χ4v) is 5.31. The van der Waals surface area contributed by atoms with E-state index in [1.807, 2.05) is 97.1 Å². The van der Waals surface area contributed by atoms with Gasteiger partial charge in [0, 0.05) is 38.6 Å². The van der Waals surface area contributed by atoms with Gasteiger partial charge in [0.05, 0.1) is 18.2 Å². The molecule has 6 aromatic rings. The van der Waals surface area contributed by atoms with Crippen LogP contribution in [-0.2, 0) is 0 Å². The lowest BCUT2D eigenvalue weighted by atomic mass is 9.90. The van der Waals surface area contributed by atoms with Crippen molar-refractivity contribution in [2.45, 2.75) is 0 Å². The summed E-state index contributed by atoms with van der Waals surface area (Å²) in [6.07, 6.45) is 4.06. The van der Waals surface area contributed by atoms with Crippen molar-refractivity contribution in [2.24, 2.45) is 0 Å². The standard InChI is InChI=1S/C37H25N3O/c1-41-31-22-20-30(21-23-31)40(28-9-3-2-4-10-28)29-18-15-26(16-19-29)14-17-27-8-7-13-34-35(24-38)32-11-5-6-12-33(32)36(25-39)37(27)34/h2-23H,1H3. The molecule has 41 heavy (non-hydrogen) atoms. The van der Waals surface area contributed by atoms with E-state index in [-0.39, 0.29) is 0 Å². The lowest BCUT2D eigenvalue weighted by Gasteiger charge is -2.25. The van der Waals surface area contributed by atoms with Crippen molar-refractivity contribution in [1.82, 2.24) is 0 Å². The summed E-state index contributed by atoms with van der Waals surface area (Å²) in [5.41, 5.74) is 6.21. The minimum absolute atomic E-state index is 0.586. The SMILES string of the molecule is COc1ccc(N(c2ccccc2)c2ccc(C=Cc3cccc4c(C#N)c5ccccc5c(C#N)c34)cc2)cc1. The van der Waals surface area contributed by atoms with Gasteiger partial charge in [-0.05, 0) is 59.7 Å². The maximum absolute atomic E-state index is 10.1. The van der Waals surface area contributed by atoms with Crippen LogP contribution >= 0.6 is 0 Å². The average Bonchev–Trinajstić information content (AvgIpc) is 3.04. The highest BCUT2D eigenvalue weighted by Gasteiger charge is 2.16. The number of nitrogens with zero attached hydrogens (tertiary/aromatic N) is 3. The van der Waals surface area contributed by atoms with Crippen LogP contribution in [0.5, 0.6) is 5.75 Å². The van der Waals surface area contributed by atoms with Crippen molar-refractivity contribution in [3.05, 3.63) is 144 Å². The Labute approximate surface area is 239 Å². The van der Waals surface area contributed by atoms with Gasteiger partial charge in [-0.3, -0.25) is 0 Å². The quantitative estimate of drug-likeness (QED) is 0.160. The fourth-order valence-electron chi connectivity index (χ4n) is 5.31. The van der Waals surface area contributed by atoms with Gasteiger partial charge in [-0.15, -0.1) is 0 Å². The highest BCUT2D eigenvalue weighted by atomic mass is 16.5. The van der Waals surface area contributed by atoms with Crippen molar-refractivity contribution < 1.29 is 4.74 Å². The predicted molar refractivity (Wildman–Crippen MR) is 167 cm³/mol. The van der Waals surface area contributed by atoms with Gasteiger partial charge in [-0.1, -0.05) is 84.9 Å². The normalized spacial score (nSPS) is 10.9. The molecule has 0 radical (unpaired) electrons. The number of nitriles is 2. The molecule has 0 aromatic heterocycles. The van der Waals surface area contributed by atoms with Crippen LogP contribution in [0.1, 0.15) is 22.3 Å². The smallest absolute Gasteiger partial charge is 0.119 e. The molecule has 6 rings (SSSR count). The molecule has 0 aliphatic heterocycles. The summed E-state index contributed by atoms with van der Waals surface area (Å²) in [5.74, 6) is 0.810. The summed E-state index contributed by atoms with van der Waals surface area (Å²) in [4.78, 5) is 2.20. The van der Waals surface area contributed by atoms with E-state index in [1.165, 1.54) is 0 Å². The fraction of sp³-hybridized carbons (Fsp3) is 0.0270. The molecule has 0 saturated carbocycles. The number of hydrogen-bond donors (Lipinski definition) is 0. The van der Waals surface area contributed by atoms with Gasteiger partial charge in [-0.2, -0.15) is 10.5 Å².